The summed E-state index contributed by atoms with van der Waals surface area (Å²) < 4.78 is 17.4. The average Bonchev–Trinajstić information content (AvgIpc) is 3.57. The summed E-state index contributed by atoms with van der Waals surface area (Å²) in [5.74, 6) is 0.763. The highest BCUT2D eigenvalue weighted by molar-refractivity contribution is 5.94. The maximum absolute atomic E-state index is 13.9. The molecule has 0 radical (unpaired) electrons. The Labute approximate surface area is 266 Å². The standard InChI is InChI=1S/C37H46N2O6/c1-6-25-16-22(3)17-26(7-2)33(25)38-31(40)19-39-18-29(28-10-11-30-34(23(28)4)45-21-44-30)32(36(41)42)35(39)37(5)14-12-27(13-15-37)43-20-24-8-9-24/h10-14,16-17,24,29,32,35H,6-9,15,18-21H2,1-5H3,(H,38,40)(H,41,42)/t29-,32-,35-,37?/m1/s1. The van der Waals surface area contributed by atoms with Crippen LogP contribution in [0.1, 0.15) is 73.8 Å². The first-order chi connectivity index (χ1) is 21.6. The molecule has 8 nitrogen and oxygen atoms in total. The molecule has 2 aliphatic carbocycles. The maximum Gasteiger partial charge on any atom is 0.308 e. The zero-order valence-corrected chi connectivity index (χ0v) is 27.2. The van der Waals surface area contributed by atoms with Gasteiger partial charge in [0.15, 0.2) is 11.5 Å². The molecule has 45 heavy (non-hydrogen) atoms. The number of ether oxygens (including phenoxy) is 3. The largest absolute Gasteiger partial charge is 0.494 e. The van der Waals surface area contributed by atoms with Gasteiger partial charge in [-0.05, 0) is 92.3 Å². The van der Waals surface area contributed by atoms with Crippen LogP contribution in [-0.2, 0) is 27.2 Å². The Morgan fingerprint density at radius 1 is 1.11 bits per heavy atom. The number of carboxylic acid groups (broad SMARTS) is 1. The van der Waals surface area contributed by atoms with Crippen LogP contribution in [0.2, 0.25) is 0 Å². The van der Waals surface area contributed by atoms with E-state index in [1.165, 1.54) is 18.4 Å². The van der Waals surface area contributed by atoms with Crippen LogP contribution in [0.4, 0.5) is 5.69 Å². The number of fused-ring (bicyclic) bond motifs is 1. The number of nitrogens with zero attached hydrogens (tertiary/aromatic N) is 1. The van der Waals surface area contributed by atoms with E-state index in [4.69, 9.17) is 14.2 Å². The van der Waals surface area contributed by atoms with Crippen LogP contribution >= 0.6 is 0 Å². The predicted molar refractivity (Wildman–Crippen MR) is 174 cm³/mol. The number of rotatable bonds is 11. The Bertz CT molecular complexity index is 1520. The van der Waals surface area contributed by atoms with Gasteiger partial charge in [-0.2, -0.15) is 0 Å². The minimum Gasteiger partial charge on any atom is -0.494 e. The number of hydrogen-bond acceptors (Lipinski definition) is 6. The van der Waals surface area contributed by atoms with Crippen LogP contribution in [0.25, 0.3) is 0 Å². The fourth-order valence-corrected chi connectivity index (χ4v) is 7.62. The Kier molecular flexibility index (Phi) is 8.70. The topological polar surface area (TPSA) is 97.3 Å². The average molecular weight is 615 g/mol. The van der Waals surface area contributed by atoms with Crippen LogP contribution in [0.5, 0.6) is 11.5 Å². The predicted octanol–water partition coefficient (Wildman–Crippen LogP) is 6.54. The lowest BCUT2D eigenvalue weighted by molar-refractivity contribution is -0.144. The normalized spacial score (nSPS) is 25.7. The van der Waals surface area contributed by atoms with Crippen molar-refractivity contribution in [3.05, 3.63) is 76.1 Å². The molecule has 0 aromatic heterocycles. The molecule has 240 valence electrons. The number of allylic oxidation sites excluding steroid dienone is 2. The number of aryl methyl sites for hydroxylation is 3. The molecule has 2 N–H and O–H groups in total. The highest BCUT2D eigenvalue weighted by atomic mass is 16.7. The van der Waals surface area contributed by atoms with Gasteiger partial charge in [0, 0.05) is 29.6 Å². The van der Waals surface area contributed by atoms with Crippen molar-refractivity contribution in [2.75, 3.05) is 31.8 Å². The lowest BCUT2D eigenvalue weighted by Crippen LogP contribution is -2.49. The van der Waals surface area contributed by atoms with Crippen LogP contribution in [0.15, 0.2) is 48.3 Å². The highest BCUT2D eigenvalue weighted by Crippen LogP contribution is 2.51. The van der Waals surface area contributed by atoms with Crippen LogP contribution < -0.4 is 14.8 Å². The van der Waals surface area contributed by atoms with Gasteiger partial charge >= 0.3 is 5.97 Å². The summed E-state index contributed by atoms with van der Waals surface area (Å²) >= 11 is 0. The Morgan fingerprint density at radius 3 is 2.47 bits per heavy atom. The minimum atomic E-state index is -0.862. The van der Waals surface area contributed by atoms with Gasteiger partial charge in [-0.15, -0.1) is 0 Å². The maximum atomic E-state index is 13.9. The number of aliphatic carboxylic acids is 1. The summed E-state index contributed by atoms with van der Waals surface area (Å²) in [4.78, 5) is 29.2. The first-order valence-corrected chi connectivity index (χ1v) is 16.4. The summed E-state index contributed by atoms with van der Waals surface area (Å²) in [5, 5.41) is 14.1. The van der Waals surface area contributed by atoms with E-state index in [0.29, 0.717) is 30.4 Å². The summed E-state index contributed by atoms with van der Waals surface area (Å²) in [5.41, 5.74) is 5.58. The number of likely N-dealkylation sites (tertiary alicyclic amines) is 1. The van der Waals surface area contributed by atoms with E-state index in [0.717, 1.165) is 53.1 Å². The van der Waals surface area contributed by atoms with E-state index in [9.17, 15) is 14.7 Å². The molecule has 8 heteroatoms. The van der Waals surface area contributed by atoms with Crippen molar-refractivity contribution < 1.29 is 28.9 Å². The fourth-order valence-electron chi connectivity index (χ4n) is 7.62. The highest BCUT2D eigenvalue weighted by Gasteiger charge is 2.54. The van der Waals surface area contributed by atoms with E-state index < -0.39 is 23.3 Å². The lowest BCUT2D eigenvalue weighted by atomic mass is 9.69. The van der Waals surface area contributed by atoms with Gasteiger partial charge in [0.25, 0.3) is 0 Å². The summed E-state index contributed by atoms with van der Waals surface area (Å²) in [6, 6.07) is 7.69. The van der Waals surface area contributed by atoms with Crippen molar-refractivity contribution in [3.8, 4) is 11.5 Å². The second-order valence-corrected chi connectivity index (χ2v) is 13.5. The van der Waals surface area contributed by atoms with Gasteiger partial charge in [0.1, 0.15) is 5.76 Å². The molecule has 2 heterocycles. The molecule has 6 rings (SSSR count). The van der Waals surface area contributed by atoms with Crippen LogP contribution in [-0.4, -0.2) is 54.4 Å². The second kappa shape index (κ2) is 12.5. The number of carboxylic acids is 1. The molecule has 1 saturated heterocycles. The number of nitrogens with one attached hydrogen (secondary N) is 1. The molecule has 2 aromatic carbocycles. The van der Waals surface area contributed by atoms with Crippen LogP contribution in [0.3, 0.4) is 0 Å². The van der Waals surface area contributed by atoms with E-state index in [2.05, 4.69) is 62.2 Å². The SMILES string of the molecule is CCc1cc(C)cc(CC)c1NC(=O)CN1C[C@H](c2ccc3c(c2C)OCO3)[C@@H](C(=O)O)[C@@H]1C1(C)C=CC(OCC2CC2)=CC1. The van der Waals surface area contributed by atoms with Gasteiger partial charge in [0.2, 0.25) is 12.7 Å². The van der Waals surface area contributed by atoms with Gasteiger partial charge < -0.3 is 24.6 Å². The number of benzene rings is 2. The number of anilines is 1. The third-order valence-electron chi connectivity index (χ3n) is 10.2. The van der Waals surface area contributed by atoms with Crippen LogP contribution in [0, 0.1) is 31.1 Å². The summed E-state index contributed by atoms with van der Waals surface area (Å²) in [7, 11) is 0. The van der Waals surface area contributed by atoms with Crippen molar-refractivity contribution in [2.24, 2.45) is 17.3 Å². The molecular formula is C37H46N2O6. The monoisotopic (exact) mass is 614 g/mol. The first kappa shape index (κ1) is 31.2. The van der Waals surface area contributed by atoms with E-state index in [1.807, 2.05) is 25.1 Å². The smallest absolute Gasteiger partial charge is 0.308 e. The molecule has 2 fully saturated rings. The molecular weight excluding hydrogens is 568 g/mol. The number of carbonyl (C=O) groups is 2. The van der Waals surface area contributed by atoms with Crippen molar-refractivity contribution >= 4 is 17.6 Å². The van der Waals surface area contributed by atoms with Gasteiger partial charge in [0.05, 0.1) is 19.1 Å². The van der Waals surface area contributed by atoms with E-state index in [1.54, 1.807) is 0 Å². The Balaban J connectivity index is 1.33. The Hall–Kier alpha value is -3.78. The van der Waals surface area contributed by atoms with E-state index >= 15 is 0 Å². The molecule has 4 atom stereocenters. The minimum absolute atomic E-state index is 0.0902. The van der Waals surface area contributed by atoms with Gasteiger partial charge in [-0.3, -0.25) is 14.5 Å². The molecule has 1 unspecified atom stereocenters. The first-order valence-electron chi connectivity index (χ1n) is 16.4. The van der Waals surface area contributed by atoms with Gasteiger partial charge in [-0.25, -0.2) is 0 Å². The van der Waals surface area contributed by atoms with Gasteiger partial charge in [-0.1, -0.05) is 50.6 Å². The molecule has 0 bridgehead atoms. The molecule has 1 saturated carbocycles. The molecule has 4 aliphatic rings. The lowest BCUT2D eigenvalue weighted by Gasteiger charge is -2.41. The van der Waals surface area contributed by atoms with Crippen molar-refractivity contribution in [3.63, 3.8) is 0 Å². The number of hydrogen-bond donors (Lipinski definition) is 2. The Morgan fingerprint density at radius 2 is 1.84 bits per heavy atom. The number of carbonyl (C=O) groups excluding carboxylic acids is 1. The van der Waals surface area contributed by atoms with Crippen molar-refractivity contribution in [2.45, 2.75) is 78.7 Å². The summed E-state index contributed by atoms with van der Waals surface area (Å²) in [6.07, 6.45) is 10.9. The number of amides is 1. The summed E-state index contributed by atoms with van der Waals surface area (Å²) in [6.45, 7) is 11.8. The van der Waals surface area contributed by atoms with Crippen molar-refractivity contribution in [1.29, 1.82) is 0 Å². The molecule has 1 amide bonds. The van der Waals surface area contributed by atoms with E-state index in [-0.39, 0.29) is 25.2 Å². The van der Waals surface area contributed by atoms with Crippen molar-refractivity contribution in [1.82, 2.24) is 4.90 Å². The third kappa shape index (κ3) is 6.22. The zero-order valence-electron chi connectivity index (χ0n) is 27.2. The molecule has 2 aromatic rings. The third-order valence-corrected chi connectivity index (χ3v) is 10.2. The zero-order chi connectivity index (χ0) is 31.9. The fraction of sp³-hybridized carbons (Fsp3) is 0.514. The molecule has 0 spiro atoms. The quantitative estimate of drug-likeness (QED) is 0.297. The molecule has 2 aliphatic heterocycles. The second-order valence-electron chi connectivity index (χ2n) is 13.5.